The number of hydrogen-bond acceptors (Lipinski definition) is 3. The maximum atomic E-state index is 12.8. The zero-order valence-electron chi connectivity index (χ0n) is 8.04. The molecule has 0 saturated carbocycles. The highest BCUT2D eigenvalue weighted by atomic mass is 19.3. The van der Waals surface area contributed by atoms with Crippen LogP contribution in [-0.2, 0) is 9.63 Å². The number of carbonyl (C=O) groups is 1. The maximum Gasteiger partial charge on any atom is 0.256 e. The summed E-state index contributed by atoms with van der Waals surface area (Å²) in [5.74, 6) is -5.31. The summed E-state index contributed by atoms with van der Waals surface area (Å²) < 4.78 is 25.5. The van der Waals surface area contributed by atoms with Gasteiger partial charge in [0.15, 0.2) is 0 Å². The Hall–Kier alpha value is -0.750. The lowest BCUT2D eigenvalue weighted by atomic mass is 10.0. The van der Waals surface area contributed by atoms with Gasteiger partial charge in [0.1, 0.15) is 12.5 Å². The second kappa shape index (κ2) is 3.78. The van der Waals surface area contributed by atoms with Crippen molar-refractivity contribution in [3.63, 3.8) is 0 Å². The topological polar surface area (TPSA) is 49.8 Å². The molecule has 1 rings (SSSR count). The molecule has 1 N–H and O–H groups in total. The van der Waals surface area contributed by atoms with Gasteiger partial charge in [-0.15, -0.1) is 0 Å². The van der Waals surface area contributed by atoms with Crippen LogP contribution in [0.2, 0.25) is 0 Å². The van der Waals surface area contributed by atoms with Gasteiger partial charge in [-0.2, -0.15) is 0 Å². The Bertz CT molecular complexity index is 229. The number of rotatable bonds is 2. The minimum Gasteiger partial charge on any atom is -0.389 e. The second-order valence-electron chi connectivity index (χ2n) is 3.53. The zero-order valence-corrected chi connectivity index (χ0v) is 8.04. The minimum atomic E-state index is -3.08. The molecule has 0 aliphatic carbocycles. The lowest BCUT2D eigenvalue weighted by Gasteiger charge is -2.22. The van der Waals surface area contributed by atoms with Gasteiger partial charge in [-0.05, 0) is 6.92 Å². The molecule has 0 aromatic rings. The summed E-state index contributed by atoms with van der Waals surface area (Å²) >= 11 is 0. The molecule has 82 valence electrons. The van der Waals surface area contributed by atoms with E-state index in [-0.39, 0.29) is 13.2 Å². The van der Waals surface area contributed by atoms with Crippen molar-refractivity contribution in [2.45, 2.75) is 25.9 Å². The summed E-state index contributed by atoms with van der Waals surface area (Å²) in [7, 11) is 0. The first kappa shape index (κ1) is 11.3. The maximum absolute atomic E-state index is 12.8. The van der Waals surface area contributed by atoms with Gasteiger partial charge < -0.3 is 5.11 Å². The minimum absolute atomic E-state index is 0.0201. The fraction of sp³-hybridized carbons (Fsp3) is 0.875. The van der Waals surface area contributed by atoms with Crippen LogP contribution in [0.25, 0.3) is 0 Å². The Labute approximate surface area is 80.4 Å². The smallest absolute Gasteiger partial charge is 0.256 e. The van der Waals surface area contributed by atoms with Gasteiger partial charge in [-0.3, -0.25) is 9.63 Å². The van der Waals surface area contributed by atoms with Gasteiger partial charge in [-0.1, -0.05) is 0 Å². The number of aliphatic hydroxyl groups excluding tert-OH is 1. The highest BCUT2D eigenvalue weighted by molar-refractivity contribution is 5.78. The molecule has 1 fully saturated rings. The Balaban J connectivity index is 2.57. The number of halogens is 2. The zero-order chi connectivity index (χ0) is 10.9. The van der Waals surface area contributed by atoms with E-state index < -0.39 is 23.9 Å². The number of hydroxylamine groups is 2. The number of aliphatic hydroxyl groups is 1. The van der Waals surface area contributed by atoms with Gasteiger partial charge in [0.05, 0.1) is 12.6 Å². The third kappa shape index (κ3) is 2.39. The van der Waals surface area contributed by atoms with Crippen LogP contribution in [0.1, 0.15) is 13.8 Å². The number of nitrogens with zero attached hydrogens (tertiary/aromatic N) is 1. The molecular formula is C8H13F2NO3. The van der Waals surface area contributed by atoms with Crippen LogP contribution in [0.3, 0.4) is 0 Å². The first-order valence-corrected chi connectivity index (χ1v) is 4.32. The van der Waals surface area contributed by atoms with Crippen molar-refractivity contribution in [3.05, 3.63) is 0 Å². The van der Waals surface area contributed by atoms with Crippen LogP contribution in [-0.4, -0.2) is 41.3 Å². The molecule has 1 saturated heterocycles. The standard InChI is InChI=1S/C8H13F2NO3/c1-5(8(2,9)10)7(13)11-3-6(12)4-14-11/h5-6,12H,3-4H2,1-2H3. The molecule has 1 amide bonds. The predicted octanol–water partition coefficient (Wildman–Crippen LogP) is 0.412. The quantitative estimate of drug-likeness (QED) is 0.716. The molecule has 4 nitrogen and oxygen atoms in total. The first-order valence-electron chi connectivity index (χ1n) is 4.32. The van der Waals surface area contributed by atoms with Crippen LogP contribution >= 0.6 is 0 Å². The number of carbonyl (C=O) groups excluding carboxylic acids is 1. The van der Waals surface area contributed by atoms with Gasteiger partial charge in [0.2, 0.25) is 0 Å². The van der Waals surface area contributed by atoms with E-state index in [1.165, 1.54) is 0 Å². The van der Waals surface area contributed by atoms with E-state index in [9.17, 15) is 13.6 Å². The molecule has 2 atom stereocenters. The summed E-state index contributed by atoms with van der Waals surface area (Å²) in [6, 6.07) is 0. The van der Waals surface area contributed by atoms with Crippen LogP contribution in [0.15, 0.2) is 0 Å². The molecule has 1 heterocycles. The van der Waals surface area contributed by atoms with E-state index in [1.54, 1.807) is 0 Å². The van der Waals surface area contributed by atoms with Crippen LogP contribution in [0, 0.1) is 5.92 Å². The largest absolute Gasteiger partial charge is 0.389 e. The summed E-state index contributed by atoms with van der Waals surface area (Å²) in [5.41, 5.74) is 0. The van der Waals surface area contributed by atoms with Crippen molar-refractivity contribution in [2.75, 3.05) is 13.2 Å². The number of amides is 1. The lowest BCUT2D eigenvalue weighted by Crippen LogP contribution is -2.40. The van der Waals surface area contributed by atoms with E-state index in [4.69, 9.17) is 9.94 Å². The monoisotopic (exact) mass is 209 g/mol. The second-order valence-corrected chi connectivity index (χ2v) is 3.53. The molecule has 0 aromatic heterocycles. The summed E-state index contributed by atoms with van der Waals surface area (Å²) in [5, 5.41) is 9.83. The van der Waals surface area contributed by atoms with Crippen molar-refractivity contribution < 1.29 is 23.5 Å². The summed E-state index contributed by atoms with van der Waals surface area (Å²) in [6.07, 6.45) is -0.781. The fourth-order valence-corrected chi connectivity index (χ4v) is 1.06. The third-order valence-corrected chi connectivity index (χ3v) is 2.18. The van der Waals surface area contributed by atoms with E-state index in [0.717, 1.165) is 12.0 Å². The molecule has 0 radical (unpaired) electrons. The molecule has 6 heteroatoms. The van der Waals surface area contributed by atoms with Crippen molar-refractivity contribution in [1.29, 1.82) is 0 Å². The highest BCUT2D eigenvalue weighted by Gasteiger charge is 2.40. The van der Waals surface area contributed by atoms with Gasteiger partial charge >= 0.3 is 0 Å². The summed E-state index contributed by atoms with van der Waals surface area (Å²) in [6.45, 7) is 1.76. The third-order valence-electron chi connectivity index (χ3n) is 2.18. The average Bonchev–Trinajstić information content (AvgIpc) is 2.47. The van der Waals surface area contributed by atoms with Crippen molar-refractivity contribution >= 4 is 5.91 Å². The Morgan fingerprint density at radius 3 is 2.64 bits per heavy atom. The first-order chi connectivity index (χ1) is 6.32. The molecule has 0 aromatic carbocycles. The van der Waals surface area contributed by atoms with Crippen LogP contribution < -0.4 is 0 Å². The fourth-order valence-electron chi connectivity index (χ4n) is 1.06. The van der Waals surface area contributed by atoms with Crippen LogP contribution in [0.4, 0.5) is 8.78 Å². The molecule has 1 aliphatic heterocycles. The SMILES string of the molecule is CC(C(=O)N1CC(O)CO1)C(C)(F)F. The van der Waals surface area contributed by atoms with E-state index in [0.29, 0.717) is 6.92 Å². The van der Waals surface area contributed by atoms with E-state index in [1.807, 2.05) is 0 Å². The molecule has 1 aliphatic rings. The number of alkyl halides is 2. The number of β-amino-alcohol motifs (C(OH)–C–C–N with tert-alkyl or cyclic N) is 1. The Morgan fingerprint density at radius 1 is 1.71 bits per heavy atom. The van der Waals surface area contributed by atoms with E-state index >= 15 is 0 Å². The average molecular weight is 209 g/mol. The van der Waals surface area contributed by atoms with Crippen molar-refractivity contribution in [2.24, 2.45) is 5.92 Å². The molecular weight excluding hydrogens is 196 g/mol. The van der Waals surface area contributed by atoms with Crippen molar-refractivity contribution in [3.8, 4) is 0 Å². The Morgan fingerprint density at radius 2 is 2.29 bits per heavy atom. The predicted molar refractivity (Wildman–Crippen MR) is 43.5 cm³/mol. The van der Waals surface area contributed by atoms with Crippen LogP contribution in [0.5, 0.6) is 0 Å². The Kier molecular flexibility index (Phi) is 3.06. The lowest BCUT2D eigenvalue weighted by molar-refractivity contribution is -0.183. The van der Waals surface area contributed by atoms with Gasteiger partial charge in [0, 0.05) is 6.92 Å². The normalized spacial score (nSPS) is 25.2. The van der Waals surface area contributed by atoms with Gasteiger partial charge in [0.25, 0.3) is 11.8 Å². The van der Waals surface area contributed by atoms with Gasteiger partial charge in [-0.25, -0.2) is 13.8 Å². The molecule has 2 unspecified atom stereocenters. The summed E-state index contributed by atoms with van der Waals surface area (Å²) in [4.78, 5) is 16.1. The molecule has 14 heavy (non-hydrogen) atoms. The molecule has 0 spiro atoms. The van der Waals surface area contributed by atoms with E-state index in [2.05, 4.69) is 0 Å². The number of hydrogen-bond donors (Lipinski definition) is 1. The molecule has 0 bridgehead atoms. The highest BCUT2D eigenvalue weighted by Crippen LogP contribution is 2.26. The van der Waals surface area contributed by atoms with Crippen molar-refractivity contribution in [1.82, 2.24) is 5.06 Å².